The summed E-state index contributed by atoms with van der Waals surface area (Å²) in [5.74, 6) is 13.9. The molecule has 0 bridgehead atoms. The summed E-state index contributed by atoms with van der Waals surface area (Å²) in [6.07, 6.45) is 32.0. The van der Waals surface area contributed by atoms with E-state index in [-0.39, 0.29) is 23.0 Å². The van der Waals surface area contributed by atoms with E-state index in [2.05, 4.69) is 20.8 Å². The molecule has 13 rings (SSSR count). The van der Waals surface area contributed by atoms with Crippen LogP contribution in [-0.4, -0.2) is 52.0 Å². The number of Topliss-reactive ketones (excluding diaryl/α,β-unsaturated/α-hetero) is 3. The van der Waals surface area contributed by atoms with Gasteiger partial charge in [0.05, 0.1) is 24.4 Å². The highest BCUT2D eigenvalue weighted by Crippen LogP contribution is 2.69. The van der Waals surface area contributed by atoms with Crippen molar-refractivity contribution in [1.82, 2.24) is 0 Å². The molecule has 1 saturated heterocycles. The lowest BCUT2D eigenvalue weighted by molar-refractivity contribution is -0.133. The first-order chi connectivity index (χ1) is 29.3. The highest BCUT2D eigenvalue weighted by molar-refractivity contribution is 5.87. The van der Waals surface area contributed by atoms with E-state index in [0.717, 1.165) is 161 Å². The first kappa shape index (κ1) is 42.5. The third kappa shape index (κ3) is 7.10. The smallest absolute Gasteiger partial charge is 0.139 e. The lowest BCUT2D eigenvalue weighted by atomic mass is 9.51. The second-order valence-corrected chi connectivity index (χ2v) is 25.9. The van der Waals surface area contributed by atoms with E-state index in [1.54, 1.807) is 0 Å². The van der Waals surface area contributed by atoms with Crippen LogP contribution in [0.25, 0.3) is 0 Å². The van der Waals surface area contributed by atoms with E-state index in [4.69, 9.17) is 4.74 Å². The molecule has 12 aliphatic carbocycles. The van der Waals surface area contributed by atoms with Crippen LogP contribution in [0.1, 0.15) is 194 Å². The minimum Gasteiger partial charge on any atom is -0.393 e. The molecule has 6 heteroatoms. The summed E-state index contributed by atoms with van der Waals surface area (Å²) in [5, 5.41) is 19.9. The summed E-state index contributed by atoms with van der Waals surface area (Å²) in [7, 11) is 0. The molecule has 340 valence electrons. The van der Waals surface area contributed by atoms with Gasteiger partial charge in [-0.1, -0.05) is 20.8 Å². The summed E-state index contributed by atoms with van der Waals surface area (Å²) in [6, 6.07) is 0. The molecule has 2 N–H and O–H groups in total. The number of ketones is 3. The van der Waals surface area contributed by atoms with Gasteiger partial charge in [-0.25, -0.2) is 0 Å². The molecule has 61 heavy (non-hydrogen) atoms. The summed E-state index contributed by atoms with van der Waals surface area (Å²) in [6.45, 7) is 8.12. The summed E-state index contributed by atoms with van der Waals surface area (Å²) < 4.78 is 6.00. The van der Waals surface area contributed by atoms with E-state index < -0.39 is 0 Å². The Labute approximate surface area is 369 Å². The van der Waals surface area contributed by atoms with E-state index in [1.807, 2.05) is 0 Å². The van der Waals surface area contributed by atoms with Crippen molar-refractivity contribution in [1.29, 1.82) is 0 Å². The Bertz CT molecular complexity index is 1700. The zero-order chi connectivity index (χ0) is 42.1. The molecule has 0 aromatic carbocycles. The molecular formula is C55H84O6. The maximum absolute atomic E-state index is 12.3. The number of carbonyl (C=O) groups is 3. The molecule has 13 aliphatic rings. The predicted molar refractivity (Wildman–Crippen MR) is 237 cm³/mol. The normalized spacial score (nSPS) is 56.2. The third-order valence-corrected chi connectivity index (χ3v) is 23.7. The van der Waals surface area contributed by atoms with Gasteiger partial charge in [0.15, 0.2) is 0 Å². The van der Waals surface area contributed by atoms with Gasteiger partial charge in [0, 0.05) is 41.9 Å². The molecule has 21 atom stereocenters. The van der Waals surface area contributed by atoms with Crippen LogP contribution in [0.2, 0.25) is 0 Å². The van der Waals surface area contributed by atoms with Gasteiger partial charge in [0.1, 0.15) is 17.3 Å². The van der Waals surface area contributed by atoms with Crippen molar-refractivity contribution in [2.75, 3.05) is 6.61 Å². The van der Waals surface area contributed by atoms with Crippen LogP contribution in [0.3, 0.4) is 0 Å². The van der Waals surface area contributed by atoms with Gasteiger partial charge in [0.25, 0.3) is 0 Å². The Kier molecular flexibility index (Phi) is 11.0. The first-order valence-corrected chi connectivity index (χ1v) is 26.9. The number of epoxide rings is 1. The van der Waals surface area contributed by atoms with Crippen molar-refractivity contribution in [2.24, 2.45) is 105 Å². The van der Waals surface area contributed by atoms with Crippen LogP contribution >= 0.6 is 0 Å². The van der Waals surface area contributed by atoms with Crippen LogP contribution in [0, 0.1) is 105 Å². The lowest BCUT2D eigenvalue weighted by Crippen LogP contribution is -2.49. The number of fused-ring (bicyclic) bond motifs is 13. The predicted octanol–water partition coefficient (Wildman–Crippen LogP) is 11.1. The number of aliphatic hydroxyl groups is 2. The van der Waals surface area contributed by atoms with Crippen molar-refractivity contribution < 1.29 is 29.3 Å². The molecule has 0 aromatic rings. The van der Waals surface area contributed by atoms with Crippen molar-refractivity contribution >= 4 is 17.3 Å². The average Bonchev–Trinajstić information content (AvgIpc) is 3.80. The summed E-state index contributed by atoms with van der Waals surface area (Å²) in [5.41, 5.74) is 0.845. The topological polar surface area (TPSA) is 104 Å². The van der Waals surface area contributed by atoms with Gasteiger partial charge in [-0.3, -0.25) is 14.4 Å². The highest BCUT2D eigenvalue weighted by atomic mass is 16.6. The van der Waals surface area contributed by atoms with E-state index >= 15 is 0 Å². The van der Waals surface area contributed by atoms with Crippen molar-refractivity contribution in [3.05, 3.63) is 0 Å². The molecule has 0 aromatic heterocycles. The van der Waals surface area contributed by atoms with Crippen LogP contribution in [0.5, 0.6) is 0 Å². The fourth-order valence-electron chi connectivity index (χ4n) is 20.0. The fourth-order valence-corrected chi connectivity index (χ4v) is 20.0. The minimum absolute atomic E-state index is 0.00581. The van der Waals surface area contributed by atoms with Crippen LogP contribution in [0.15, 0.2) is 0 Å². The fraction of sp³-hybridized carbons (Fsp3) is 0.945. The monoisotopic (exact) mass is 841 g/mol. The van der Waals surface area contributed by atoms with Gasteiger partial charge < -0.3 is 14.9 Å². The van der Waals surface area contributed by atoms with Gasteiger partial charge in [-0.15, -0.1) is 0 Å². The SMILES string of the molecule is C[C@@]12CC[C@H]3C[C@H]4CC(=O)CC[C@@H]4C[C@@H]3[C@H]1CCC2=O.C[C@@]12CC[C@H]3C[C@H]4C[C@H](O)CC[C@@H]4C[C@@H]3[C@H]1CCC2=O.C[C@@]12CC[C@H]3C[C@H]4C[C@H](O)CC[C@@H]4C[C@@H]3[C@H]1CC[C@]21CO1. The number of rotatable bonds is 0. The van der Waals surface area contributed by atoms with E-state index in [1.165, 1.54) is 89.9 Å². The molecule has 0 amide bonds. The van der Waals surface area contributed by atoms with Gasteiger partial charge in [-0.05, 0) is 236 Å². The Hall–Kier alpha value is -1.11. The number of carbonyl (C=O) groups excluding carboxylic acids is 3. The van der Waals surface area contributed by atoms with Gasteiger partial charge in [0.2, 0.25) is 0 Å². The standard InChI is InChI=1S/C19H30O2.C18H28O2.C18H26O2/c1-18-6-4-13-8-14-9-15(20)3-2-12(14)10-16(13)17(18)5-7-19(18)11-21-19;2*1-18-7-6-12-8-13-9-14(19)3-2-11(13)10-15(12)16(18)4-5-17(18)20/h12-17,20H,2-11H2,1H3;11-16,19H,2-10H2,1H3;11-13,15-16H,2-10H2,1H3/t12-,13+,14+,15-,16+,17-,18-,19+;11-,12+,13+,14-,15+,16-,18-;11-,12+,13+,15+,16-,18-/m111/s1. The number of ether oxygens (including phenoxy) is 1. The van der Waals surface area contributed by atoms with Crippen molar-refractivity contribution in [3.63, 3.8) is 0 Å². The second kappa shape index (κ2) is 15.8. The second-order valence-electron chi connectivity index (χ2n) is 25.9. The zero-order valence-electron chi connectivity index (χ0n) is 38.6. The number of aliphatic hydroxyl groups excluding tert-OH is 2. The lowest BCUT2D eigenvalue weighted by Gasteiger charge is -2.54. The van der Waals surface area contributed by atoms with Crippen LogP contribution < -0.4 is 0 Å². The first-order valence-electron chi connectivity index (χ1n) is 26.9. The molecule has 1 aliphatic heterocycles. The number of hydrogen-bond donors (Lipinski definition) is 2. The molecule has 13 fully saturated rings. The Balaban J connectivity index is 0.000000103. The van der Waals surface area contributed by atoms with Crippen LogP contribution in [-0.2, 0) is 19.1 Å². The summed E-state index contributed by atoms with van der Waals surface area (Å²) >= 11 is 0. The summed E-state index contributed by atoms with van der Waals surface area (Å²) in [4.78, 5) is 36.3. The maximum atomic E-state index is 12.3. The largest absolute Gasteiger partial charge is 0.393 e. The van der Waals surface area contributed by atoms with Crippen LogP contribution in [0.4, 0.5) is 0 Å². The zero-order valence-corrected chi connectivity index (χ0v) is 38.6. The molecule has 1 spiro atoms. The molecular weight excluding hydrogens is 757 g/mol. The Morgan fingerprint density at radius 3 is 1.44 bits per heavy atom. The quantitative estimate of drug-likeness (QED) is 0.235. The van der Waals surface area contributed by atoms with Gasteiger partial charge >= 0.3 is 0 Å². The van der Waals surface area contributed by atoms with Crippen molar-refractivity contribution in [3.8, 4) is 0 Å². The van der Waals surface area contributed by atoms with E-state index in [9.17, 15) is 24.6 Å². The third-order valence-electron chi connectivity index (χ3n) is 23.7. The maximum Gasteiger partial charge on any atom is 0.139 e. The Morgan fingerprint density at radius 2 is 0.918 bits per heavy atom. The molecule has 0 unspecified atom stereocenters. The molecule has 0 radical (unpaired) electrons. The minimum atomic E-state index is -0.0327. The number of hydrogen-bond acceptors (Lipinski definition) is 6. The average molecular weight is 841 g/mol. The molecule has 12 saturated carbocycles. The molecule has 1 heterocycles. The van der Waals surface area contributed by atoms with Gasteiger partial charge in [-0.2, -0.15) is 0 Å². The Morgan fingerprint density at radius 1 is 0.443 bits per heavy atom. The highest BCUT2D eigenvalue weighted by Gasteiger charge is 2.69. The van der Waals surface area contributed by atoms with E-state index in [0.29, 0.717) is 46.1 Å². The molecule has 6 nitrogen and oxygen atoms in total. The van der Waals surface area contributed by atoms with Crippen molar-refractivity contribution in [2.45, 2.75) is 212 Å².